The van der Waals surface area contributed by atoms with Gasteiger partial charge in [0.25, 0.3) is 0 Å². The van der Waals surface area contributed by atoms with Crippen LogP contribution in [0.25, 0.3) is 0 Å². The van der Waals surface area contributed by atoms with Crippen LogP contribution in [0.1, 0.15) is 15.9 Å². The third-order valence-electron chi connectivity index (χ3n) is 2.77. The van der Waals surface area contributed by atoms with Crippen molar-refractivity contribution in [2.45, 2.75) is 6.92 Å². The van der Waals surface area contributed by atoms with Crippen molar-refractivity contribution < 1.29 is 9.90 Å². The number of allylic oxidation sites excluding steroid dienone is 1. The summed E-state index contributed by atoms with van der Waals surface area (Å²) in [7, 11) is 0. The summed E-state index contributed by atoms with van der Waals surface area (Å²) < 4.78 is 0. The predicted octanol–water partition coefficient (Wildman–Crippen LogP) is 5.01. The summed E-state index contributed by atoms with van der Waals surface area (Å²) >= 11 is 5.77. The number of carbonyl (C=O) groups excluding carboxylic acids is 1. The Labute approximate surface area is 127 Å². The van der Waals surface area contributed by atoms with Gasteiger partial charge < -0.3 is 5.11 Å². The van der Waals surface area contributed by atoms with Gasteiger partial charge in [0, 0.05) is 10.6 Å². The molecular formula is C16H13ClN2O2. The first kappa shape index (κ1) is 14.9. The summed E-state index contributed by atoms with van der Waals surface area (Å²) in [5.41, 5.74) is 1.94. The van der Waals surface area contributed by atoms with Gasteiger partial charge in [-0.3, -0.25) is 4.79 Å². The molecule has 21 heavy (non-hydrogen) atoms. The molecular weight excluding hydrogens is 288 g/mol. The Hall–Kier alpha value is -2.46. The highest BCUT2D eigenvalue weighted by molar-refractivity contribution is 6.30. The van der Waals surface area contributed by atoms with Crippen molar-refractivity contribution in [3.63, 3.8) is 0 Å². The van der Waals surface area contributed by atoms with Gasteiger partial charge in [-0.2, -0.15) is 5.11 Å². The number of aliphatic hydroxyl groups excluding tert-OH is 1. The number of Topliss-reactive ketones (excluding diaryl/α,β-unsaturated/α-hetero) is 1. The molecule has 0 aliphatic rings. The molecule has 2 aromatic carbocycles. The lowest BCUT2D eigenvalue weighted by Crippen LogP contribution is -2.01. The Balaban J connectivity index is 2.18. The third kappa shape index (κ3) is 4.00. The van der Waals surface area contributed by atoms with E-state index in [4.69, 9.17) is 11.6 Å². The van der Waals surface area contributed by atoms with E-state index in [1.54, 1.807) is 36.4 Å². The molecule has 0 heterocycles. The first-order chi connectivity index (χ1) is 10.1. The number of ketones is 1. The molecule has 0 atom stereocenters. The second-order valence-electron chi connectivity index (χ2n) is 4.39. The molecule has 0 bridgehead atoms. The van der Waals surface area contributed by atoms with E-state index in [1.165, 1.54) is 0 Å². The minimum atomic E-state index is -0.426. The van der Waals surface area contributed by atoms with E-state index < -0.39 is 5.78 Å². The third-order valence-corrected chi connectivity index (χ3v) is 3.02. The Morgan fingerprint density at radius 1 is 1.10 bits per heavy atom. The van der Waals surface area contributed by atoms with Gasteiger partial charge in [-0.05, 0) is 43.3 Å². The van der Waals surface area contributed by atoms with Crippen LogP contribution in [0.3, 0.4) is 0 Å². The van der Waals surface area contributed by atoms with Gasteiger partial charge in [-0.15, -0.1) is 5.11 Å². The van der Waals surface area contributed by atoms with E-state index in [1.807, 2.05) is 19.1 Å². The van der Waals surface area contributed by atoms with Crippen molar-refractivity contribution in [1.82, 2.24) is 0 Å². The maximum Gasteiger partial charge on any atom is 0.216 e. The van der Waals surface area contributed by atoms with Gasteiger partial charge in [0.2, 0.25) is 5.78 Å². The highest BCUT2D eigenvalue weighted by atomic mass is 35.5. The largest absolute Gasteiger partial charge is 0.513 e. The molecule has 0 aromatic heterocycles. The maximum atomic E-state index is 12.1. The van der Waals surface area contributed by atoms with E-state index in [2.05, 4.69) is 10.2 Å². The molecule has 0 unspecified atom stereocenters. The Kier molecular flexibility index (Phi) is 4.85. The van der Waals surface area contributed by atoms with Crippen molar-refractivity contribution in [2.24, 2.45) is 10.2 Å². The van der Waals surface area contributed by atoms with Crippen molar-refractivity contribution in [3.8, 4) is 0 Å². The van der Waals surface area contributed by atoms with Crippen LogP contribution in [0, 0.1) is 6.92 Å². The minimum Gasteiger partial charge on any atom is -0.513 e. The van der Waals surface area contributed by atoms with Crippen molar-refractivity contribution in [3.05, 3.63) is 76.6 Å². The Morgan fingerprint density at radius 3 is 2.29 bits per heavy atom. The number of rotatable bonds is 4. The molecule has 0 fully saturated rings. The van der Waals surface area contributed by atoms with Gasteiger partial charge in [-0.25, -0.2) is 0 Å². The fourth-order valence-electron chi connectivity index (χ4n) is 1.60. The lowest BCUT2D eigenvalue weighted by Gasteiger charge is -2.00. The van der Waals surface area contributed by atoms with Gasteiger partial charge in [0.1, 0.15) is 6.26 Å². The summed E-state index contributed by atoms with van der Waals surface area (Å²) in [6.07, 6.45) is 0.647. The van der Waals surface area contributed by atoms with Crippen molar-refractivity contribution in [2.75, 3.05) is 0 Å². The number of benzene rings is 2. The molecule has 0 saturated carbocycles. The lowest BCUT2D eigenvalue weighted by atomic mass is 10.1. The molecule has 0 aliphatic heterocycles. The Bertz CT molecular complexity index is 689. The number of carbonyl (C=O) groups is 1. The molecule has 1 N–H and O–H groups in total. The molecule has 2 aromatic rings. The molecule has 0 aliphatic carbocycles. The maximum absolute atomic E-state index is 12.1. The first-order valence-corrected chi connectivity index (χ1v) is 6.61. The fourth-order valence-corrected chi connectivity index (χ4v) is 1.73. The van der Waals surface area contributed by atoms with Crippen molar-refractivity contribution in [1.29, 1.82) is 0 Å². The van der Waals surface area contributed by atoms with Crippen LogP contribution < -0.4 is 0 Å². The normalized spacial score (nSPS) is 11.8. The monoisotopic (exact) mass is 300 g/mol. The number of aryl methyl sites for hydroxylation is 1. The fraction of sp³-hybridized carbons (Fsp3) is 0.0625. The SMILES string of the molecule is Cc1ccc(N=N/C(=C/O)C(=O)c2ccc(Cl)cc2)cc1. The smallest absolute Gasteiger partial charge is 0.216 e. The molecule has 0 radical (unpaired) electrons. The van der Waals surface area contributed by atoms with E-state index >= 15 is 0 Å². The van der Waals surface area contributed by atoms with Gasteiger partial charge in [-0.1, -0.05) is 29.3 Å². The zero-order valence-corrected chi connectivity index (χ0v) is 12.1. The number of hydrogen-bond acceptors (Lipinski definition) is 4. The second kappa shape index (κ2) is 6.81. The summed E-state index contributed by atoms with van der Waals surface area (Å²) in [4.78, 5) is 12.1. The molecule has 0 saturated heterocycles. The second-order valence-corrected chi connectivity index (χ2v) is 4.82. The van der Waals surface area contributed by atoms with Crippen LogP contribution in [0.2, 0.25) is 5.02 Å². The molecule has 0 spiro atoms. The average molecular weight is 301 g/mol. The molecule has 5 heteroatoms. The van der Waals surface area contributed by atoms with Gasteiger partial charge in [0.15, 0.2) is 5.70 Å². The van der Waals surface area contributed by atoms with E-state index in [9.17, 15) is 9.90 Å². The average Bonchev–Trinajstić information content (AvgIpc) is 2.50. The van der Waals surface area contributed by atoms with Gasteiger partial charge >= 0.3 is 0 Å². The van der Waals surface area contributed by atoms with Crippen LogP contribution in [-0.2, 0) is 0 Å². The van der Waals surface area contributed by atoms with E-state index in [0.717, 1.165) is 5.56 Å². The number of hydrogen-bond donors (Lipinski definition) is 1. The predicted molar refractivity (Wildman–Crippen MR) is 82.2 cm³/mol. The summed E-state index contributed by atoms with van der Waals surface area (Å²) in [5.74, 6) is -0.426. The molecule has 4 nitrogen and oxygen atoms in total. The van der Waals surface area contributed by atoms with Crippen LogP contribution in [0.5, 0.6) is 0 Å². The zero-order valence-electron chi connectivity index (χ0n) is 11.3. The highest BCUT2D eigenvalue weighted by Gasteiger charge is 2.12. The molecule has 0 amide bonds. The number of nitrogens with zero attached hydrogens (tertiary/aromatic N) is 2. The topological polar surface area (TPSA) is 62.0 Å². The summed E-state index contributed by atoms with van der Waals surface area (Å²) in [6.45, 7) is 1.96. The number of aliphatic hydroxyl groups is 1. The standard InChI is InChI=1S/C16H13ClN2O2/c1-11-2-8-14(9-3-11)18-19-15(10-20)16(21)12-4-6-13(17)7-5-12/h2-10,20H,1H3/b15-10+,19-18?. The van der Waals surface area contributed by atoms with Crippen LogP contribution in [0.15, 0.2) is 70.7 Å². The molecule has 2 rings (SSSR count). The number of halogens is 1. The minimum absolute atomic E-state index is 0.141. The first-order valence-electron chi connectivity index (χ1n) is 6.23. The lowest BCUT2D eigenvalue weighted by molar-refractivity contribution is 0.102. The summed E-state index contributed by atoms with van der Waals surface area (Å²) in [5, 5.41) is 17.4. The number of azo groups is 1. The quantitative estimate of drug-likeness (QED) is 0.373. The van der Waals surface area contributed by atoms with Crippen LogP contribution in [-0.4, -0.2) is 10.9 Å². The summed E-state index contributed by atoms with van der Waals surface area (Å²) in [6, 6.07) is 13.7. The van der Waals surface area contributed by atoms with E-state index in [0.29, 0.717) is 22.5 Å². The zero-order chi connectivity index (χ0) is 15.2. The van der Waals surface area contributed by atoms with Crippen molar-refractivity contribution >= 4 is 23.1 Å². The van der Waals surface area contributed by atoms with Crippen LogP contribution >= 0.6 is 11.6 Å². The Morgan fingerprint density at radius 2 is 1.71 bits per heavy atom. The van der Waals surface area contributed by atoms with E-state index in [-0.39, 0.29) is 5.70 Å². The van der Waals surface area contributed by atoms with Crippen LogP contribution in [0.4, 0.5) is 5.69 Å². The highest BCUT2D eigenvalue weighted by Crippen LogP contribution is 2.17. The molecule has 106 valence electrons. The van der Waals surface area contributed by atoms with Gasteiger partial charge in [0.05, 0.1) is 5.69 Å².